The van der Waals surface area contributed by atoms with Gasteiger partial charge in [-0.3, -0.25) is 0 Å². The first kappa shape index (κ1) is 5.03. The molecule has 42 valence electrons. The quantitative estimate of drug-likeness (QED) is 0.583. The van der Waals surface area contributed by atoms with E-state index in [1.165, 1.54) is 18.6 Å². The van der Waals surface area contributed by atoms with Gasteiger partial charge in [-0.2, -0.15) is 0 Å². The first-order chi connectivity index (χ1) is 3.93. The summed E-state index contributed by atoms with van der Waals surface area (Å²) in [6.07, 6.45) is 4.80. The summed E-state index contributed by atoms with van der Waals surface area (Å²) in [5, 5.41) is 0. The van der Waals surface area contributed by atoms with Crippen LogP contribution in [0.3, 0.4) is 0 Å². The van der Waals surface area contributed by atoms with E-state index >= 15 is 0 Å². The zero-order valence-corrected chi connectivity index (χ0v) is 4.13. The van der Waals surface area contributed by atoms with Crippen molar-refractivity contribution in [1.82, 2.24) is 9.97 Å². The zero-order valence-electron chi connectivity index (χ0n) is 4.13. The van der Waals surface area contributed by atoms with Gasteiger partial charge in [0, 0.05) is 0 Å². The number of nitrogens with zero attached hydrogens (tertiary/aromatic N) is 1. The second-order valence-electron chi connectivity index (χ2n) is 1.30. The third kappa shape index (κ3) is 0.932. The highest BCUT2D eigenvalue weighted by Crippen LogP contribution is 1.92. The van der Waals surface area contributed by atoms with Crippen LogP contribution in [0, 0.1) is 0 Å². The largest absolute Gasteiger partial charge is 0.345 e. The molecule has 1 rings (SSSR count). The SMILES string of the molecule is F/C=C/c1cnc[nH]1. The normalized spacial score (nSPS) is 10.6. The summed E-state index contributed by atoms with van der Waals surface area (Å²) in [6, 6.07) is 0. The molecule has 8 heavy (non-hydrogen) atoms. The Morgan fingerprint density at radius 3 is 3.12 bits per heavy atom. The fourth-order valence-electron chi connectivity index (χ4n) is 0.426. The average Bonchev–Trinajstić information content (AvgIpc) is 2.19. The molecule has 0 amide bonds. The molecule has 0 bridgehead atoms. The number of halogens is 1. The summed E-state index contributed by atoms with van der Waals surface area (Å²) in [6.45, 7) is 0. The summed E-state index contributed by atoms with van der Waals surface area (Å²) >= 11 is 0. The van der Waals surface area contributed by atoms with Crippen molar-refractivity contribution in [2.75, 3.05) is 0 Å². The van der Waals surface area contributed by atoms with Crippen LogP contribution in [0.5, 0.6) is 0 Å². The van der Waals surface area contributed by atoms with E-state index in [2.05, 4.69) is 9.97 Å². The van der Waals surface area contributed by atoms with Crippen LogP contribution in [0.15, 0.2) is 18.9 Å². The lowest BCUT2D eigenvalue weighted by Crippen LogP contribution is -1.63. The summed E-state index contributed by atoms with van der Waals surface area (Å²) in [7, 11) is 0. The zero-order chi connectivity index (χ0) is 5.82. The van der Waals surface area contributed by atoms with Gasteiger partial charge in [0.15, 0.2) is 0 Å². The Balaban J connectivity index is 2.77. The topological polar surface area (TPSA) is 28.7 Å². The third-order valence-corrected chi connectivity index (χ3v) is 0.762. The van der Waals surface area contributed by atoms with Gasteiger partial charge in [-0.1, -0.05) is 0 Å². The predicted molar refractivity (Wildman–Crippen MR) is 28.7 cm³/mol. The van der Waals surface area contributed by atoms with Crippen LogP contribution >= 0.6 is 0 Å². The molecule has 0 saturated carbocycles. The van der Waals surface area contributed by atoms with Crippen molar-refractivity contribution in [1.29, 1.82) is 0 Å². The number of nitrogens with one attached hydrogen (secondary N) is 1. The second kappa shape index (κ2) is 2.26. The number of hydrogen-bond donors (Lipinski definition) is 1. The van der Waals surface area contributed by atoms with E-state index < -0.39 is 0 Å². The van der Waals surface area contributed by atoms with Gasteiger partial charge in [-0.05, 0) is 6.08 Å². The van der Waals surface area contributed by atoms with E-state index in [-0.39, 0.29) is 0 Å². The highest BCUT2D eigenvalue weighted by atomic mass is 19.1. The minimum atomic E-state index is 0.466. The Hall–Kier alpha value is -1.12. The molecule has 0 radical (unpaired) electrons. The second-order valence-corrected chi connectivity index (χ2v) is 1.30. The number of H-pyrrole nitrogens is 1. The first-order valence-electron chi connectivity index (χ1n) is 2.18. The molecule has 0 aliphatic heterocycles. The molecule has 0 aliphatic carbocycles. The predicted octanol–water partition coefficient (Wildman–Crippen LogP) is 1.35. The number of imidazole rings is 1. The minimum absolute atomic E-state index is 0.466. The molecular weight excluding hydrogens is 107 g/mol. The molecule has 0 saturated heterocycles. The molecule has 2 nitrogen and oxygen atoms in total. The van der Waals surface area contributed by atoms with Crippen molar-refractivity contribution < 1.29 is 4.39 Å². The van der Waals surface area contributed by atoms with Gasteiger partial charge < -0.3 is 4.98 Å². The van der Waals surface area contributed by atoms with Crippen molar-refractivity contribution in [3.63, 3.8) is 0 Å². The van der Waals surface area contributed by atoms with Gasteiger partial charge in [0.25, 0.3) is 0 Å². The van der Waals surface area contributed by atoms with E-state index in [0.717, 1.165) is 0 Å². The third-order valence-electron chi connectivity index (χ3n) is 0.762. The lowest BCUT2D eigenvalue weighted by atomic mass is 10.5. The summed E-state index contributed by atoms with van der Waals surface area (Å²) in [5.74, 6) is 0. The van der Waals surface area contributed by atoms with E-state index in [1.54, 1.807) is 0 Å². The van der Waals surface area contributed by atoms with Gasteiger partial charge in [0.05, 0.1) is 24.5 Å². The standard InChI is InChI=1S/C5H5FN2/c6-2-1-5-3-7-4-8-5/h1-4H,(H,7,8)/b2-1+. The number of aromatic nitrogens is 2. The maximum Gasteiger partial charge on any atom is 0.0924 e. The fourth-order valence-corrected chi connectivity index (χ4v) is 0.426. The molecule has 0 unspecified atom stereocenters. The van der Waals surface area contributed by atoms with Gasteiger partial charge in [-0.25, -0.2) is 9.37 Å². The van der Waals surface area contributed by atoms with Crippen LogP contribution in [-0.4, -0.2) is 9.97 Å². The van der Waals surface area contributed by atoms with E-state index in [0.29, 0.717) is 12.0 Å². The Morgan fingerprint density at radius 2 is 2.62 bits per heavy atom. The van der Waals surface area contributed by atoms with Gasteiger partial charge >= 0.3 is 0 Å². The van der Waals surface area contributed by atoms with E-state index in [1.807, 2.05) is 0 Å². The molecule has 3 heteroatoms. The Morgan fingerprint density at radius 1 is 1.75 bits per heavy atom. The minimum Gasteiger partial charge on any atom is -0.345 e. The van der Waals surface area contributed by atoms with Gasteiger partial charge in [-0.15, -0.1) is 0 Å². The van der Waals surface area contributed by atoms with Crippen LogP contribution in [0.25, 0.3) is 6.08 Å². The summed E-state index contributed by atoms with van der Waals surface area (Å²) in [4.78, 5) is 6.37. The van der Waals surface area contributed by atoms with Crippen LogP contribution in [-0.2, 0) is 0 Å². The van der Waals surface area contributed by atoms with Crippen LogP contribution in [0.1, 0.15) is 5.69 Å². The lowest BCUT2D eigenvalue weighted by Gasteiger charge is -1.74. The Bertz CT molecular complexity index is 167. The van der Waals surface area contributed by atoms with Crippen LogP contribution in [0.2, 0.25) is 0 Å². The molecule has 1 heterocycles. The molecule has 1 aromatic rings. The van der Waals surface area contributed by atoms with Crippen LogP contribution in [0.4, 0.5) is 4.39 Å². The fraction of sp³-hybridized carbons (Fsp3) is 0. The summed E-state index contributed by atoms with van der Waals surface area (Å²) in [5.41, 5.74) is 0.674. The average molecular weight is 112 g/mol. The monoisotopic (exact) mass is 112 g/mol. The maximum atomic E-state index is 11.3. The van der Waals surface area contributed by atoms with Gasteiger partial charge in [0.2, 0.25) is 0 Å². The number of aromatic amines is 1. The van der Waals surface area contributed by atoms with Crippen molar-refractivity contribution in [3.05, 3.63) is 24.5 Å². The Labute approximate surface area is 46.1 Å². The Kier molecular flexibility index (Phi) is 1.42. The molecular formula is C5H5FN2. The van der Waals surface area contributed by atoms with E-state index in [4.69, 9.17) is 0 Å². The summed E-state index contributed by atoms with van der Waals surface area (Å²) < 4.78 is 11.3. The van der Waals surface area contributed by atoms with Crippen LogP contribution < -0.4 is 0 Å². The highest BCUT2D eigenvalue weighted by molar-refractivity contribution is 5.40. The number of hydrogen-bond acceptors (Lipinski definition) is 1. The smallest absolute Gasteiger partial charge is 0.0924 e. The molecule has 0 fully saturated rings. The molecule has 0 aromatic carbocycles. The van der Waals surface area contributed by atoms with Crippen molar-refractivity contribution in [2.24, 2.45) is 0 Å². The van der Waals surface area contributed by atoms with Crippen molar-refractivity contribution in [2.45, 2.75) is 0 Å². The molecule has 0 atom stereocenters. The van der Waals surface area contributed by atoms with E-state index in [9.17, 15) is 4.39 Å². The first-order valence-corrected chi connectivity index (χ1v) is 2.18. The molecule has 1 aromatic heterocycles. The lowest BCUT2D eigenvalue weighted by molar-refractivity contribution is 0.727. The highest BCUT2D eigenvalue weighted by Gasteiger charge is 1.81. The van der Waals surface area contributed by atoms with Crippen molar-refractivity contribution in [3.8, 4) is 0 Å². The number of rotatable bonds is 1. The molecule has 1 N–H and O–H groups in total. The maximum absolute atomic E-state index is 11.3. The molecule has 0 spiro atoms. The van der Waals surface area contributed by atoms with Crippen molar-refractivity contribution >= 4 is 6.08 Å². The molecule has 0 aliphatic rings. The van der Waals surface area contributed by atoms with Gasteiger partial charge in [0.1, 0.15) is 0 Å².